The number of amides is 1. The number of nitrogens with one attached hydrogen (secondary N) is 2. The van der Waals surface area contributed by atoms with Gasteiger partial charge in [0.1, 0.15) is 5.75 Å². The van der Waals surface area contributed by atoms with Gasteiger partial charge in [-0.1, -0.05) is 15.9 Å². The van der Waals surface area contributed by atoms with E-state index in [1.807, 2.05) is 25.1 Å². The van der Waals surface area contributed by atoms with Crippen molar-refractivity contribution in [3.05, 3.63) is 45.7 Å². The summed E-state index contributed by atoms with van der Waals surface area (Å²) in [5, 5.41) is 10.4. The molecule has 0 aliphatic rings. The first-order valence-corrected chi connectivity index (χ1v) is 6.58. The minimum absolute atomic E-state index is 0.292. The van der Waals surface area contributed by atoms with Crippen molar-refractivity contribution in [3.63, 3.8) is 0 Å². The molecule has 2 rings (SSSR count). The van der Waals surface area contributed by atoms with E-state index in [4.69, 9.17) is 4.74 Å². The Hall–Kier alpha value is -2.15. The first-order valence-electron chi connectivity index (χ1n) is 5.79. The topological polar surface area (TPSA) is 79.4 Å². The molecule has 7 heteroatoms. The van der Waals surface area contributed by atoms with E-state index in [0.29, 0.717) is 11.4 Å². The van der Waals surface area contributed by atoms with Gasteiger partial charge >= 0.3 is 0 Å². The number of halogens is 1. The largest absolute Gasteiger partial charge is 0.496 e. The number of nitrogens with zero attached hydrogens (tertiary/aromatic N) is 2. The second-order valence-electron chi connectivity index (χ2n) is 4.02. The molecule has 1 heterocycles. The van der Waals surface area contributed by atoms with Crippen molar-refractivity contribution in [2.24, 2.45) is 5.10 Å². The zero-order valence-corrected chi connectivity index (χ0v) is 12.6. The lowest BCUT2D eigenvalue weighted by Gasteiger charge is -2.04. The molecule has 2 aromatic rings. The van der Waals surface area contributed by atoms with Crippen LogP contribution in [-0.2, 0) is 0 Å². The number of benzene rings is 1. The van der Waals surface area contributed by atoms with Gasteiger partial charge in [-0.2, -0.15) is 10.2 Å². The van der Waals surface area contributed by atoms with E-state index in [2.05, 4.69) is 36.7 Å². The number of hydrogen-bond donors (Lipinski definition) is 2. The summed E-state index contributed by atoms with van der Waals surface area (Å²) in [5.74, 6) is 0.293. The molecule has 0 saturated heterocycles. The maximum absolute atomic E-state index is 11.7. The summed E-state index contributed by atoms with van der Waals surface area (Å²) in [6.45, 7) is 1.82. The minimum atomic E-state index is -0.375. The van der Waals surface area contributed by atoms with Crippen LogP contribution in [0, 0.1) is 6.92 Å². The molecule has 0 bridgehead atoms. The van der Waals surface area contributed by atoms with Crippen LogP contribution in [0.15, 0.2) is 33.8 Å². The highest BCUT2D eigenvalue weighted by Crippen LogP contribution is 2.21. The van der Waals surface area contributed by atoms with Crippen molar-refractivity contribution >= 4 is 28.1 Å². The molecule has 0 aliphatic carbocycles. The molecule has 2 N–H and O–H groups in total. The Morgan fingerprint density at radius 1 is 1.50 bits per heavy atom. The first kappa shape index (κ1) is 14.3. The number of H-pyrrole nitrogens is 1. The fraction of sp³-hybridized carbons (Fsp3) is 0.154. The molecule has 0 aliphatic heterocycles. The Labute approximate surface area is 124 Å². The second kappa shape index (κ2) is 6.33. The smallest absolute Gasteiger partial charge is 0.291 e. The number of aromatic nitrogens is 2. The molecule has 1 aromatic carbocycles. The molecule has 0 saturated carbocycles. The first-order chi connectivity index (χ1) is 9.60. The minimum Gasteiger partial charge on any atom is -0.496 e. The summed E-state index contributed by atoms with van der Waals surface area (Å²) in [7, 11) is 1.58. The van der Waals surface area contributed by atoms with E-state index in [0.717, 1.165) is 15.7 Å². The van der Waals surface area contributed by atoms with Crippen molar-refractivity contribution in [3.8, 4) is 5.75 Å². The SMILES string of the molecule is COc1ccc(Br)cc1/C=N/NC(=O)c1cc(C)[nH]n1. The third kappa shape index (κ3) is 3.45. The molecule has 0 fully saturated rings. The Morgan fingerprint density at radius 2 is 2.30 bits per heavy atom. The molecule has 1 amide bonds. The Bertz CT molecular complexity index is 652. The summed E-state index contributed by atoms with van der Waals surface area (Å²) in [6.07, 6.45) is 1.51. The number of aromatic amines is 1. The van der Waals surface area contributed by atoms with Gasteiger partial charge in [0.25, 0.3) is 5.91 Å². The lowest BCUT2D eigenvalue weighted by molar-refractivity contribution is 0.0950. The predicted octanol–water partition coefficient (Wildman–Crippen LogP) is 2.25. The number of aryl methyl sites for hydroxylation is 1. The van der Waals surface area contributed by atoms with E-state index in [9.17, 15) is 4.79 Å². The molecular weight excluding hydrogens is 324 g/mol. The van der Waals surface area contributed by atoms with Crippen LogP contribution in [0.2, 0.25) is 0 Å². The quantitative estimate of drug-likeness (QED) is 0.663. The van der Waals surface area contributed by atoms with Crippen LogP contribution in [0.3, 0.4) is 0 Å². The molecule has 0 radical (unpaired) electrons. The van der Waals surface area contributed by atoms with E-state index in [-0.39, 0.29) is 5.91 Å². The highest BCUT2D eigenvalue weighted by Gasteiger charge is 2.07. The van der Waals surface area contributed by atoms with E-state index in [1.54, 1.807) is 13.2 Å². The summed E-state index contributed by atoms with van der Waals surface area (Å²) >= 11 is 3.37. The highest BCUT2D eigenvalue weighted by molar-refractivity contribution is 9.10. The Morgan fingerprint density at radius 3 is 2.95 bits per heavy atom. The Balaban J connectivity index is 2.07. The molecule has 6 nitrogen and oxygen atoms in total. The summed E-state index contributed by atoms with van der Waals surface area (Å²) in [4.78, 5) is 11.7. The lowest BCUT2D eigenvalue weighted by Crippen LogP contribution is -2.18. The van der Waals surface area contributed by atoms with Gasteiger partial charge in [0, 0.05) is 15.7 Å². The highest BCUT2D eigenvalue weighted by atomic mass is 79.9. The van der Waals surface area contributed by atoms with Crippen LogP contribution in [0.4, 0.5) is 0 Å². The average molecular weight is 337 g/mol. The van der Waals surface area contributed by atoms with Crippen LogP contribution in [0.5, 0.6) is 5.75 Å². The van der Waals surface area contributed by atoms with Gasteiger partial charge in [0.2, 0.25) is 0 Å². The zero-order chi connectivity index (χ0) is 14.5. The molecule has 0 atom stereocenters. The van der Waals surface area contributed by atoms with E-state index < -0.39 is 0 Å². The number of carbonyl (C=O) groups is 1. The van der Waals surface area contributed by atoms with Crippen molar-refractivity contribution in [1.29, 1.82) is 0 Å². The third-order valence-electron chi connectivity index (χ3n) is 2.50. The molecule has 0 spiro atoms. The Kier molecular flexibility index (Phi) is 4.52. The molecule has 0 unspecified atom stereocenters. The van der Waals surface area contributed by atoms with Crippen LogP contribution >= 0.6 is 15.9 Å². The fourth-order valence-electron chi connectivity index (χ4n) is 1.56. The summed E-state index contributed by atoms with van der Waals surface area (Å²) < 4.78 is 6.10. The summed E-state index contributed by atoms with van der Waals surface area (Å²) in [5.41, 5.74) is 4.26. The van der Waals surface area contributed by atoms with Crippen molar-refractivity contribution < 1.29 is 9.53 Å². The maximum Gasteiger partial charge on any atom is 0.291 e. The lowest BCUT2D eigenvalue weighted by atomic mass is 10.2. The van der Waals surface area contributed by atoms with Crippen molar-refractivity contribution in [2.45, 2.75) is 6.92 Å². The molecule has 1 aromatic heterocycles. The predicted molar refractivity (Wildman–Crippen MR) is 79.1 cm³/mol. The third-order valence-corrected chi connectivity index (χ3v) is 2.99. The molecule has 20 heavy (non-hydrogen) atoms. The van der Waals surface area contributed by atoms with Crippen LogP contribution in [0.1, 0.15) is 21.7 Å². The number of hydrogen-bond acceptors (Lipinski definition) is 4. The summed E-state index contributed by atoms with van der Waals surface area (Å²) in [6, 6.07) is 7.16. The fourth-order valence-corrected chi connectivity index (χ4v) is 1.94. The number of methoxy groups -OCH3 is 1. The van der Waals surface area contributed by atoms with Gasteiger partial charge in [-0.3, -0.25) is 9.89 Å². The zero-order valence-electron chi connectivity index (χ0n) is 11.0. The molecule has 104 valence electrons. The van der Waals surface area contributed by atoms with Gasteiger partial charge < -0.3 is 4.74 Å². The van der Waals surface area contributed by atoms with Crippen LogP contribution < -0.4 is 10.2 Å². The van der Waals surface area contributed by atoms with E-state index in [1.165, 1.54) is 6.21 Å². The van der Waals surface area contributed by atoms with Crippen molar-refractivity contribution in [2.75, 3.05) is 7.11 Å². The van der Waals surface area contributed by atoms with Gasteiger partial charge in [0.05, 0.1) is 13.3 Å². The van der Waals surface area contributed by atoms with Gasteiger partial charge in [0.15, 0.2) is 5.69 Å². The number of carbonyl (C=O) groups excluding carboxylic acids is 1. The number of rotatable bonds is 4. The van der Waals surface area contributed by atoms with Gasteiger partial charge in [-0.25, -0.2) is 5.43 Å². The van der Waals surface area contributed by atoms with Crippen LogP contribution in [0.25, 0.3) is 0 Å². The van der Waals surface area contributed by atoms with Gasteiger partial charge in [-0.15, -0.1) is 0 Å². The van der Waals surface area contributed by atoms with Crippen molar-refractivity contribution in [1.82, 2.24) is 15.6 Å². The average Bonchev–Trinajstić information content (AvgIpc) is 2.86. The normalized spacial score (nSPS) is 10.8. The van der Waals surface area contributed by atoms with E-state index >= 15 is 0 Å². The van der Waals surface area contributed by atoms with Crippen LogP contribution in [-0.4, -0.2) is 29.4 Å². The number of hydrazone groups is 1. The maximum atomic E-state index is 11.7. The monoisotopic (exact) mass is 336 g/mol. The standard InChI is InChI=1S/C13H13BrN4O2/c1-8-5-11(17-16-8)13(19)18-15-7-9-6-10(14)3-4-12(9)20-2/h3-7H,1-2H3,(H,16,17)(H,18,19)/b15-7+. The molecular formula is C13H13BrN4O2. The second-order valence-corrected chi connectivity index (χ2v) is 4.94. The number of ether oxygens (including phenoxy) is 1. The van der Waals surface area contributed by atoms with Gasteiger partial charge in [-0.05, 0) is 31.2 Å².